The van der Waals surface area contributed by atoms with Crippen LogP contribution in [0, 0.1) is 19.8 Å². The molecule has 0 aliphatic carbocycles. The lowest BCUT2D eigenvalue weighted by molar-refractivity contribution is -0.121. The van der Waals surface area contributed by atoms with E-state index in [-0.39, 0.29) is 17.4 Å². The number of rotatable bonds is 6. The molecule has 1 aromatic heterocycles. The molecule has 3 aromatic rings. The van der Waals surface area contributed by atoms with Crippen molar-refractivity contribution >= 4 is 32.7 Å². The third kappa shape index (κ3) is 4.46. The molecule has 0 radical (unpaired) electrons. The lowest BCUT2D eigenvalue weighted by Gasteiger charge is -2.30. The van der Waals surface area contributed by atoms with E-state index in [0.717, 1.165) is 34.5 Å². The number of nitrogens with zero attached hydrogens (tertiary/aromatic N) is 4. The third-order valence-corrected chi connectivity index (χ3v) is 7.57. The van der Waals surface area contributed by atoms with Crippen LogP contribution < -0.4 is 10.2 Å². The van der Waals surface area contributed by atoms with Gasteiger partial charge in [-0.2, -0.15) is 4.31 Å². The molecule has 10 heteroatoms. The summed E-state index contributed by atoms with van der Waals surface area (Å²) in [6.45, 7) is 6.61. The van der Waals surface area contributed by atoms with Gasteiger partial charge < -0.3 is 10.2 Å². The van der Waals surface area contributed by atoms with E-state index in [1.165, 1.54) is 16.4 Å². The molecule has 32 heavy (non-hydrogen) atoms. The molecule has 1 atom stereocenters. The van der Waals surface area contributed by atoms with Gasteiger partial charge in [0.1, 0.15) is 11.0 Å². The number of piperidine rings is 1. The number of hydrogen-bond acceptors (Lipinski definition) is 6. The van der Waals surface area contributed by atoms with Crippen molar-refractivity contribution in [1.82, 2.24) is 19.5 Å². The van der Waals surface area contributed by atoms with E-state index in [9.17, 15) is 13.2 Å². The molecule has 1 N–H and O–H groups in total. The number of nitrogens with one attached hydrogen (secondary N) is 1. The summed E-state index contributed by atoms with van der Waals surface area (Å²) in [5, 5.41) is 10.8. The van der Waals surface area contributed by atoms with E-state index in [2.05, 4.69) is 22.6 Å². The van der Waals surface area contributed by atoms with Crippen molar-refractivity contribution in [3.8, 4) is 0 Å². The Bertz CT molecular complexity index is 1230. The van der Waals surface area contributed by atoms with Crippen LogP contribution in [0.1, 0.15) is 30.9 Å². The van der Waals surface area contributed by atoms with Gasteiger partial charge in [0.15, 0.2) is 6.61 Å². The van der Waals surface area contributed by atoms with Crippen molar-refractivity contribution < 1.29 is 18.0 Å². The second-order valence-electron chi connectivity index (χ2n) is 8.31. The molecule has 2 heterocycles. The topological polar surface area (TPSA) is 106 Å². The number of anilines is 1. The van der Waals surface area contributed by atoms with Crippen molar-refractivity contribution in [2.45, 2.75) is 38.5 Å². The Morgan fingerprint density at radius 3 is 2.69 bits per heavy atom. The average molecular weight is 458 g/mol. The third-order valence-electron chi connectivity index (χ3n) is 5.71. The molecule has 0 saturated carbocycles. The Morgan fingerprint density at radius 1 is 1.22 bits per heavy atom. The largest absolute Gasteiger partial charge is 0.385 e. The van der Waals surface area contributed by atoms with Gasteiger partial charge in [0, 0.05) is 18.8 Å². The van der Waals surface area contributed by atoms with Crippen LogP contribution >= 0.6 is 0 Å². The van der Waals surface area contributed by atoms with Crippen LogP contribution in [0.3, 0.4) is 0 Å². The lowest BCUT2D eigenvalue weighted by Crippen LogP contribution is -2.39. The first-order chi connectivity index (χ1) is 15.3. The van der Waals surface area contributed by atoms with Crippen LogP contribution in [0.2, 0.25) is 0 Å². The van der Waals surface area contributed by atoms with Gasteiger partial charge in [-0.15, -0.1) is 5.10 Å². The highest BCUT2D eigenvalue weighted by Crippen LogP contribution is 2.25. The van der Waals surface area contributed by atoms with Gasteiger partial charge in [-0.05, 0) is 67.1 Å². The minimum atomic E-state index is -3.63. The Morgan fingerprint density at radius 2 is 1.97 bits per heavy atom. The summed E-state index contributed by atoms with van der Waals surface area (Å²) >= 11 is 0. The number of sulfonamides is 1. The fourth-order valence-corrected chi connectivity index (χ4v) is 5.57. The molecule has 1 saturated heterocycles. The molecule has 1 fully saturated rings. The monoisotopic (exact) mass is 457 g/mol. The molecule has 1 unspecified atom stereocenters. The molecule has 170 valence electrons. The van der Waals surface area contributed by atoms with E-state index >= 15 is 0 Å². The first-order valence-electron chi connectivity index (χ1n) is 10.6. The number of aryl methyl sites for hydroxylation is 2. The number of amides is 1. The van der Waals surface area contributed by atoms with Crippen LogP contribution in [0.5, 0.6) is 0 Å². The molecule has 2 aromatic carbocycles. The number of hydrogen-bond donors (Lipinski definition) is 1. The van der Waals surface area contributed by atoms with Crippen LogP contribution in [0.25, 0.3) is 11.0 Å². The zero-order valence-electron chi connectivity index (χ0n) is 18.4. The van der Waals surface area contributed by atoms with Crippen LogP contribution in [-0.2, 0) is 14.8 Å². The van der Waals surface area contributed by atoms with Crippen molar-refractivity contribution in [1.29, 1.82) is 0 Å². The van der Waals surface area contributed by atoms with Gasteiger partial charge in [-0.25, -0.2) is 8.42 Å². The maximum absolute atomic E-state index is 13.1. The van der Waals surface area contributed by atoms with Crippen molar-refractivity contribution in [2.75, 3.05) is 25.0 Å². The Hall–Kier alpha value is -2.98. The molecule has 0 spiro atoms. The van der Waals surface area contributed by atoms with E-state index in [0.29, 0.717) is 30.0 Å². The highest BCUT2D eigenvalue weighted by atomic mass is 32.2. The molecular formula is C22H27N5O4S. The SMILES string of the molecule is Cc1cccc(C)c1NC(=O)COn1nnc2ccc(S(=O)(=O)N3CCCC(C)C3)cc21. The van der Waals surface area contributed by atoms with Crippen molar-refractivity contribution in [3.05, 3.63) is 47.5 Å². The minimum absolute atomic E-state index is 0.159. The lowest BCUT2D eigenvalue weighted by atomic mass is 10.0. The Kier molecular flexibility index (Phi) is 6.16. The van der Waals surface area contributed by atoms with Crippen LogP contribution in [0.4, 0.5) is 5.69 Å². The molecule has 1 aliphatic rings. The molecule has 1 aliphatic heterocycles. The van der Waals surface area contributed by atoms with Crippen molar-refractivity contribution in [2.24, 2.45) is 5.92 Å². The molecular weight excluding hydrogens is 430 g/mol. The second-order valence-corrected chi connectivity index (χ2v) is 10.2. The number of para-hydroxylation sites is 1. The predicted molar refractivity (Wildman–Crippen MR) is 121 cm³/mol. The first-order valence-corrected chi connectivity index (χ1v) is 12.0. The highest BCUT2D eigenvalue weighted by Gasteiger charge is 2.29. The van der Waals surface area contributed by atoms with E-state index in [4.69, 9.17) is 4.84 Å². The van der Waals surface area contributed by atoms with Gasteiger partial charge in [0.25, 0.3) is 5.91 Å². The van der Waals surface area contributed by atoms with Gasteiger partial charge in [-0.3, -0.25) is 4.79 Å². The quantitative estimate of drug-likeness (QED) is 0.610. The zero-order chi connectivity index (χ0) is 22.9. The zero-order valence-corrected chi connectivity index (χ0v) is 19.2. The average Bonchev–Trinajstić information content (AvgIpc) is 3.17. The molecule has 9 nitrogen and oxygen atoms in total. The maximum atomic E-state index is 13.1. The Labute approximate surface area is 187 Å². The summed E-state index contributed by atoms with van der Waals surface area (Å²) in [4.78, 5) is 19.2. The minimum Gasteiger partial charge on any atom is -0.385 e. The molecule has 4 rings (SSSR count). The standard InChI is InChI=1S/C22H27N5O4S/c1-15-6-5-11-26(13-15)32(29,30)18-9-10-19-20(12-18)27(25-24-19)31-14-21(28)23-22-16(2)7-4-8-17(22)3/h4,7-10,12,15H,5-6,11,13-14H2,1-3H3,(H,23,28). The first kappa shape index (κ1) is 22.2. The van der Waals surface area contributed by atoms with E-state index in [1.54, 1.807) is 6.07 Å². The molecule has 1 amide bonds. The Balaban J connectivity index is 1.51. The summed E-state index contributed by atoms with van der Waals surface area (Å²) in [5.41, 5.74) is 3.51. The number of aromatic nitrogens is 3. The number of benzene rings is 2. The fraction of sp³-hybridized carbons (Fsp3) is 0.409. The highest BCUT2D eigenvalue weighted by molar-refractivity contribution is 7.89. The van der Waals surface area contributed by atoms with Gasteiger partial charge in [0.05, 0.1) is 4.90 Å². The fourth-order valence-electron chi connectivity index (χ4n) is 3.95. The second kappa shape index (κ2) is 8.87. The smallest absolute Gasteiger partial charge is 0.265 e. The maximum Gasteiger partial charge on any atom is 0.265 e. The number of carbonyl (C=O) groups is 1. The normalized spacial score (nSPS) is 17.4. The number of carbonyl (C=O) groups excluding carboxylic acids is 1. The van der Waals surface area contributed by atoms with E-state index in [1.807, 2.05) is 32.0 Å². The van der Waals surface area contributed by atoms with Crippen LogP contribution in [0.15, 0.2) is 41.3 Å². The van der Waals surface area contributed by atoms with Gasteiger partial charge >= 0.3 is 0 Å². The van der Waals surface area contributed by atoms with Gasteiger partial charge in [0.2, 0.25) is 10.0 Å². The summed E-state index contributed by atoms with van der Waals surface area (Å²) in [7, 11) is -3.63. The predicted octanol–water partition coefficient (Wildman–Crippen LogP) is 2.54. The summed E-state index contributed by atoms with van der Waals surface area (Å²) in [6, 6.07) is 10.4. The van der Waals surface area contributed by atoms with Crippen LogP contribution in [-0.4, -0.2) is 53.5 Å². The molecule has 0 bridgehead atoms. The van der Waals surface area contributed by atoms with E-state index < -0.39 is 10.0 Å². The van der Waals surface area contributed by atoms with Gasteiger partial charge in [-0.1, -0.05) is 30.0 Å². The van der Waals surface area contributed by atoms with Crippen molar-refractivity contribution in [3.63, 3.8) is 0 Å². The summed E-state index contributed by atoms with van der Waals surface area (Å²) in [5.74, 6) is -0.0229. The summed E-state index contributed by atoms with van der Waals surface area (Å²) in [6.07, 6.45) is 1.88. The summed E-state index contributed by atoms with van der Waals surface area (Å²) < 4.78 is 27.8. The number of fused-ring (bicyclic) bond motifs is 1.